The molecule has 1 rings (SSSR count). The molecule has 0 aromatic heterocycles. The lowest BCUT2D eigenvalue weighted by atomic mass is 9.87. The number of hydrogen-bond acceptors (Lipinski definition) is 2. The summed E-state index contributed by atoms with van der Waals surface area (Å²) in [6.45, 7) is 4.19. The number of benzene rings is 1. The third-order valence-corrected chi connectivity index (χ3v) is 6.39. The van der Waals surface area contributed by atoms with E-state index in [9.17, 15) is 17.6 Å². The number of unbranched alkanes of at least 4 members (excludes halogenated alkanes) is 8. The van der Waals surface area contributed by atoms with Crippen LogP contribution in [-0.2, 0) is 15.9 Å². The molecule has 1 unspecified atom stereocenters. The molecule has 0 radical (unpaired) electrons. The number of rotatable bonds is 17. The van der Waals surface area contributed by atoms with E-state index in [0.717, 1.165) is 44.6 Å². The van der Waals surface area contributed by atoms with Crippen LogP contribution < -0.4 is 0 Å². The van der Waals surface area contributed by atoms with E-state index in [4.69, 9.17) is 9.47 Å². The Morgan fingerprint density at radius 3 is 1.81 bits per heavy atom. The molecule has 1 aromatic rings. The number of aryl methyl sites for hydroxylation is 1. The minimum atomic E-state index is -1.75. The highest BCUT2D eigenvalue weighted by atomic mass is 19.2. The Kier molecular flexibility index (Phi) is 13.3. The van der Waals surface area contributed by atoms with E-state index >= 15 is 0 Å². The zero-order valence-electron chi connectivity index (χ0n) is 19.7. The summed E-state index contributed by atoms with van der Waals surface area (Å²) in [5.41, 5.74) is -0.108. The number of hydrogen-bond donors (Lipinski definition) is 0. The zero-order valence-corrected chi connectivity index (χ0v) is 19.7. The maximum absolute atomic E-state index is 13.7. The van der Waals surface area contributed by atoms with Crippen LogP contribution in [0.25, 0.3) is 0 Å². The minimum Gasteiger partial charge on any atom is -0.353 e. The summed E-state index contributed by atoms with van der Waals surface area (Å²) >= 11 is 0. The highest BCUT2D eigenvalue weighted by Gasteiger charge is 2.33. The fraction of sp³-hybridized carbons (Fsp3) is 0.760. The van der Waals surface area contributed by atoms with Crippen LogP contribution in [0.1, 0.15) is 96.5 Å². The lowest BCUT2D eigenvalue weighted by Crippen LogP contribution is -2.39. The highest BCUT2D eigenvalue weighted by molar-refractivity contribution is 5.21. The summed E-state index contributed by atoms with van der Waals surface area (Å²) in [5, 5.41) is 0. The van der Waals surface area contributed by atoms with Crippen molar-refractivity contribution in [2.75, 3.05) is 14.2 Å². The molecule has 0 N–H and O–H groups in total. The maximum Gasteiger partial charge on any atom is 0.197 e. The molecule has 31 heavy (non-hydrogen) atoms. The molecule has 2 nitrogen and oxygen atoms in total. The van der Waals surface area contributed by atoms with Gasteiger partial charge in [-0.05, 0) is 44.2 Å². The summed E-state index contributed by atoms with van der Waals surface area (Å²) in [5.74, 6) is -6.44. The van der Waals surface area contributed by atoms with Gasteiger partial charge in [-0.25, -0.2) is 17.6 Å². The van der Waals surface area contributed by atoms with Gasteiger partial charge >= 0.3 is 0 Å². The number of halogens is 4. The molecule has 0 aliphatic carbocycles. The van der Waals surface area contributed by atoms with Crippen LogP contribution in [0.3, 0.4) is 0 Å². The Balaban J connectivity index is 2.42. The normalized spacial score (nSPS) is 13.0. The van der Waals surface area contributed by atoms with Crippen molar-refractivity contribution >= 4 is 0 Å². The van der Waals surface area contributed by atoms with Crippen molar-refractivity contribution < 1.29 is 27.0 Å². The minimum absolute atomic E-state index is 0.108. The third-order valence-electron chi connectivity index (χ3n) is 6.39. The van der Waals surface area contributed by atoms with Crippen molar-refractivity contribution in [2.45, 2.75) is 103 Å². The Morgan fingerprint density at radius 1 is 0.742 bits per heavy atom. The quantitative estimate of drug-likeness (QED) is 0.0788. The number of methoxy groups -OCH3 is 2. The van der Waals surface area contributed by atoms with E-state index in [2.05, 4.69) is 6.92 Å². The molecule has 0 saturated carbocycles. The van der Waals surface area contributed by atoms with Crippen LogP contribution in [0.4, 0.5) is 17.6 Å². The lowest BCUT2D eigenvalue weighted by Gasteiger charge is -2.35. The van der Waals surface area contributed by atoms with Crippen LogP contribution in [-0.4, -0.2) is 20.0 Å². The maximum atomic E-state index is 13.7. The molecule has 0 bridgehead atoms. The molecule has 0 fully saturated rings. The van der Waals surface area contributed by atoms with Crippen molar-refractivity contribution in [1.29, 1.82) is 0 Å². The van der Waals surface area contributed by atoms with Gasteiger partial charge in [-0.1, -0.05) is 64.7 Å². The molecule has 1 aromatic carbocycles. The van der Waals surface area contributed by atoms with E-state index in [1.807, 2.05) is 6.92 Å². The first-order valence-corrected chi connectivity index (χ1v) is 11.7. The first kappa shape index (κ1) is 27.9. The van der Waals surface area contributed by atoms with Gasteiger partial charge in [0.15, 0.2) is 29.1 Å². The zero-order chi connectivity index (χ0) is 23.3. The lowest BCUT2D eigenvalue weighted by molar-refractivity contribution is -0.230. The summed E-state index contributed by atoms with van der Waals surface area (Å²) < 4.78 is 64.7. The van der Waals surface area contributed by atoms with Crippen molar-refractivity contribution in [3.05, 3.63) is 34.9 Å². The molecule has 1 atom stereocenters. The van der Waals surface area contributed by atoms with Gasteiger partial charge in [0.1, 0.15) is 0 Å². The van der Waals surface area contributed by atoms with Gasteiger partial charge in [0.25, 0.3) is 0 Å². The summed E-state index contributed by atoms with van der Waals surface area (Å²) in [6, 6.07) is 0.757. The van der Waals surface area contributed by atoms with Crippen LogP contribution in [0.5, 0.6) is 0 Å². The molecule has 0 amide bonds. The van der Waals surface area contributed by atoms with Crippen LogP contribution in [0, 0.1) is 29.2 Å². The fourth-order valence-electron chi connectivity index (χ4n) is 4.12. The van der Waals surface area contributed by atoms with Gasteiger partial charge in [-0.15, -0.1) is 0 Å². The summed E-state index contributed by atoms with van der Waals surface area (Å²) in [4.78, 5) is 0. The van der Waals surface area contributed by atoms with Gasteiger partial charge in [0.05, 0.1) is 0 Å². The van der Waals surface area contributed by atoms with Crippen LogP contribution in [0.15, 0.2) is 6.07 Å². The average molecular weight is 449 g/mol. The third kappa shape index (κ3) is 9.09. The predicted octanol–water partition coefficient (Wildman–Crippen LogP) is 8.11. The Labute approximate surface area is 185 Å². The second-order valence-electron chi connectivity index (χ2n) is 8.59. The van der Waals surface area contributed by atoms with E-state index in [0.29, 0.717) is 6.42 Å². The fourth-order valence-corrected chi connectivity index (χ4v) is 4.12. The van der Waals surface area contributed by atoms with Gasteiger partial charge in [-0.2, -0.15) is 0 Å². The monoisotopic (exact) mass is 448 g/mol. The van der Waals surface area contributed by atoms with Gasteiger partial charge in [0.2, 0.25) is 0 Å². The molecule has 0 saturated heterocycles. The summed E-state index contributed by atoms with van der Waals surface area (Å²) in [6.07, 6.45) is 12.9. The molecule has 0 aliphatic rings. The second-order valence-corrected chi connectivity index (χ2v) is 8.59. The predicted molar refractivity (Wildman–Crippen MR) is 117 cm³/mol. The van der Waals surface area contributed by atoms with E-state index in [1.54, 1.807) is 14.2 Å². The largest absolute Gasteiger partial charge is 0.353 e. The average Bonchev–Trinajstić information content (AvgIpc) is 2.78. The van der Waals surface area contributed by atoms with Crippen LogP contribution >= 0.6 is 0 Å². The summed E-state index contributed by atoms with van der Waals surface area (Å²) in [7, 11) is 3.35. The highest BCUT2D eigenvalue weighted by Crippen LogP contribution is 2.32. The Bertz CT molecular complexity index is 632. The molecule has 0 heterocycles. The first-order chi connectivity index (χ1) is 14.8. The molecule has 0 aliphatic heterocycles. The topological polar surface area (TPSA) is 18.5 Å². The SMILES string of the molecule is CCCCCCCCC(CCCCCCc1cc(F)c(F)c(F)c1F)C(C)(OC)OC. The van der Waals surface area contributed by atoms with Crippen molar-refractivity contribution in [2.24, 2.45) is 5.92 Å². The second kappa shape index (κ2) is 14.8. The molecular formula is C25H40F4O2. The van der Waals surface area contributed by atoms with Gasteiger partial charge < -0.3 is 9.47 Å². The van der Waals surface area contributed by atoms with E-state index < -0.39 is 29.1 Å². The van der Waals surface area contributed by atoms with Gasteiger partial charge in [0, 0.05) is 20.1 Å². The van der Waals surface area contributed by atoms with Crippen molar-refractivity contribution in [3.63, 3.8) is 0 Å². The molecule has 0 spiro atoms. The van der Waals surface area contributed by atoms with Crippen LogP contribution in [0.2, 0.25) is 0 Å². The van der Waals surface area contributed by atoms with E-state index in [1.165, 1.54) is 32.1 Å². The smallest absolute Gasteiger partial charge is 0.197 e. The van der Waals surface area contributed by atoms with Gasteiger partial charge in [-0.3, -0.25) is 0 Å². The number of ether oxygens (including phenoxy) is 2. The van der Waals surface area contributed by atoms with E-state index in [-0.39, 0.29) is 17.9 Å². The Hall–Kier alpha value is -1.14. The molecular weight excluding hydrogens is 408 g/mol. The molecule has 180 valence electrons. The first-order valence-electron chi connectivity index (χ1n) is 11.7. The standard InChI is InChI=1S/C25H40F4O2/c1-5-6-7-8-9-13-16-20(25(2,30-3)31-4)17-14-11-10-12-15-19-18-21(26)23(28)24(29)22(19)27/h18,20H,5-17H2,1-4H3. The van der Waals surface area contributed by atoms with Crippen molar-refractivity contribution in [3.8, 4) is 0 Å². The Morgan fingerprint density at radius 2 is 1.26 bits per heavy atom. The molecule has 6 heteroatoms. The van der Waals surface area contributed by atoms with Crippen molar-refractivity contribution in [1.82, 2.24) is 0 Å².